The van der Waals surface area contributed by atoms with Crippen LogP contribution < -0.4 is 5.32 Å². The number of hydrogen-bond acceptors (Lipinski definition) is 2. The van der Waals surface area contributed by atoms with E-state index in [9.17, 15) is 4.79 Å². The fraction of sp³-hybridized carbons (Fsp3) is 0.167. The molecule has 0 radical (unpaired) electrons. The molecule has 106 valence electrons. The average molecular weight is 279 g/mol. The van der Waals surface area contributed by atoms with Crippen LogP contribution >= 0.6 is 0 Å². The number of anilines is 1. The Labute approximate surface area is 124 Å². The molecule has 0 fully saturated rings. The maximum Gasteiger partial charge on any atom is 0.256 e. The van der Waals surface area contributed by atoms with Crippen molar-refractivity contribution in [2.75, 3.05) is 11.9 Å². The van der Waals surface area contributed by atoms with Gasteiger partial charge in [0.25, 0.3) is 5.91 Å². The number of amides is 1. The Morgan fingerprint density at radius 3 is 2.67 bits per heavy atom. The van der Waals surface area contributed by atoms with Crippen molar-refractivity contribution in [3.8, 4) is 11.8 Å². The molecule has 0 heterocycles. The molecule has 0 saturated heterocycles. The SMILES string of the molecule is Cc1ccc(NC(=O)c2ccccc2C#CCO)c(C)c1. The van der Waals surface area contributed by atoms with Crippen molar-refractivity contribution in [2.45, 2.75) is 13.8 Å². The lowest BCUT2D eigenvalue weighted by atomic mass is 10.1. The first-order valence-electron chi connectivity index (χ1n) is 6.69. The van der Waals surface area contributed by atoms with E-state index in [1.165, 1.54) is 0 Å². The van der Waals surface area contributed by atoms with Crippen molar-refractivity contribution < 1.29 is 9.90 Å². The Hall–Kier alpha value is -2.57. The minimum absolute atomic E-state index is 0.204. The van der Waals surface area contributed by atoms with Gasteiger partial charge in [0.05, 0.1) is 5.56 Å². The van der Waals surface area contributed by atoms with Crippen molar-refractivity contribution in [1.29, 1.82) is 0 Å². The second-order valence-corrected chi connectivity index (χ2v) is 4.78. The van der Waals surface area contributed by atoms with Crippen molar-refractivity contribution in [3.05, 3.63) is 64.7 Å². The van der Waals surface area contributed by atoms with Gasteiger partial charge in [-0.1, -0.05) is 41.7 Å². The van der Waals surface area contributed by atoms with Crippen LogP contribution in [0.1, 0.15) is 27.0 Å². The van der Waals surface area contributed by atoms with Crippen LogP contribution in [-0.4, -0.2) is 17.6 Å². The van der Waals surface area contributed by atoms with Gasteiger partial charge in [-0.2, -0.15) is 0 Å². The molecule has 0 spiro atoms. The average Bonchev–Trinajstić information content (AvgIpc) is 2.48. The van der Waals surface area contributed by atoms with E-state index in [-0.39, 0.29) is 12.5 Å². The van der Waals surface area contributed by atoms with E-state index >= 15 is 0 Å². The summed E-state index contributed by atoms with van der Waals surface area (Å²) in [5.41, 5.74) is 4.06. The van der Waals surface area contributed by atoms with Gasteiger partial charge in [-0.15, -0.1) is 0 Å². The predicted molar refractivity (Wildman–Crippen MR) is 84.3 cm³/mol. The molecule has 0 unspecified atom stereocenters. The van der Waals surface area contributed by atoms with Gasteiger partial charge in [-0.25, -0.2) is 0 Å². The molecule has 2 aromatic rings. The summed E-state index contributed by atoms with van der Waals surface area (Å²) < 4.78 is 0. The first-order chi connectivity index (χ1) is 10.1. The highest BCUT2D eigenvalue weighted by Crippen LogP contribution is 2.18. The van der Waals surface area contributed by atoms with Crippen LogP contribution in [0.5, 0.6) is 0 Å². The van der Waals surface area contributed by atoms with E-state index in [0.717, 1.165) is 16.8 Å². The lowest BCUT2D eigenvalue weighted by molar-refractivity contribution is 0.102. The van der Waals surface area contributed by atoms with E-state index in [0.29, 0.717) is 11.1 Å². The fourth-order valence-corrected chi connectivity index (χ4v) is 2.07. The molecule has 0 aliphatic heterocycles. The van der Waals surface area contributed by atoms with Crippen LogP contribution in [-0.2, 0) is 0 Å². The van der Waals surface area contributed by atoms with Crippen molar-refractivity contribution in [2.24, 2.45) is 0 Å². The maximum absolute atomic E-state index is 12.4. The standard InChI is InChI=1S/C18H17NO2/c1-13-9-10-17(14(2)12-13)19-18(21)16-8-4-3-6-15(16)7-5-11-20/h3-4,6,8-10,12,20H,11H2,1-2H3,(H,19,21). The van der Waals surface area contributed by atoms with Gasteiger partial charge in [0.15, 0.2) is 0 Å². The Bertz CT molecular complexity index is 723. The minimum Gasteiger partial charge on any atom is -0.384 e. The van der Waals surface area contributed by atoms with E-state index in [2.05, 4.69) is 17.2 Å². The van der Waals surface area contributed by atoms with Crippen molar-refractivity contribution >= 4 is 11.6 Å². The van der Waals surface area contributed by atoms with Crippen LogP contribution in [0, 0.1) is 25.7 Å². The molecule has 2 aromatic carbocycles. The second-order valence-electron chi connectivity index (χ2n) is 4.78. The van der Waals surface area contributed by atoms with E-state index in [1.54, 1.807) is 18.2 Å². The molecule has 0 bridgehead atoms. The molecule has 0 aliphatic carbocycles. The molecular weight excluding hydrogens is 262 g/mol. The molecule has 0 aliphatic rings. The smallest absolute Gasteiger partial charge is 0.256 e. The molecular formula is C18H17NO2. The summed E-state index contributed by atoms with van der Waals surface area (Å²) in [6.45, 7) is 3.74. The topological polar surface area (TPSA) is 49.3 Å². The fourth-order valence-electron chi connectivity index (χ4n) is 2.07. The van der Waals surface area contributed by atoms with Crippen LogP contribution in [0.25, 0.3) is 0 Å². The van der Waals surface area contributed by atoms with Crippen LogP contribution in [0.4, 0.5) is 5.69 Å². The highest BCUT2D eigenvalue weighted by Gasteiger charge is 2.11. The summed E-state index contributed by atoms with van der Waals surface area (Å²) in [5.74, 6) is 5.16. The summed E-state index contributed by atoms with van der Waals surface area (Å²) in [4.78, 5) is 12.4. The zero-order chi connectivity index (χ0) is 15.2. The van der Waals surface area contributed by atoms with Crippen molar-refractivity contribution in [3.63, 3.8) is 0 Å². The van der Waals surface area contributed by atoms with Crippen molar-refractivity contribution in [1.82, 2.24) is 0 Å². The van der Waals surface area contributed by atoms with Gasteiger partial charge >= 0.3 is 0 Å². The molecule has 1 amide bonds. The Morgan fingerprint density at radius 2 is 1.95 bits per heavy atom. The summed E-state index contributed by atoms with van der Waals surface area (Å²) in [6, 6.07) is 13.0. The number of aliphatic hydroxyl groups excluding tert-OH is 1. The number of aliphatic hydroxyl groups is 1. The normalized spacial score (nSPS) is 9.67. The number of nitrogens with one attached hydrogen (secondary N) is 1. The number of hydrogen-bond donors (Lipinski definition) is 2. The minimum atomic E-state index is -0.229. The van der Waals surface area contributed by atoms with Gasteiger partial charge < -0.3 is 10.4 Å². The largest absolute Gasteiger partial charge is 0.384 e. The number of aryl methyl sites for hydroxylation is 2. The van der Waals surface area contributed by atoms with Gasteiger partial charge in [0.1, 0.15) is 6.61 Å². The monoisotopic (exact) mass is 279 g/mol. The lowest BCUT2D eigenvalue weighted by Gasteiger charge is -2.10. The third-order valence-electron chi connectivity index (χ3n) is 3.10. The second kappa shape index (κ2) is 6.74. The summed E-state index contributed by atoms with van der Waals surface area (Å²) in [6.07, 6.45) is 0. The summed E-state index contributed by atoms with van der Waals surface area (Å²) in [7, 11) is 0. The quantitative estimate of drug-likeness (QED) is 0.830. The number of benzene rings is 2. The number of carbonyl (C=O) groups is 1. The maximum atomic E-state index is 12.4. The first kappa shape index (κ1) is 14.8. The van der Waals surface area contributed by atoms with E-state index in [4.69, 9.17) is 5.11 Å². The molecule has 2 rings (SSSR count). The molecule has 3 heteroatoms. The summed E-state index contributed by atoms with van der Waals surface area (Å²) in [5, 5.41) is 11.7. The number of carbonyl (C=O) groups excluding carboxylic acids is 1. The highest BCUT2D eigenvalue weighted by molar-refractivity contribution is 6.06. The van der Waals surface area contributed by atoms with Gasteiger partial charge in [0, 0.05) is 11.3 Å². The molecule has 0 aromatic heterocycles. The van der Waals surface area contributed by atoms with E-state index in [1.807, 2.05) is 38.1 Å². The lowest BCUT2D eigenvalue weighted by Crippen LogP contribution is -2.14. The van der Waals surface area contributed by atoms with Crippen LogP contribution in [0.15, 0.2) is 42.5 Å². The summed E-state index contributed by atoms with van der Waals surface area (Å²) >= 11 is 0. The Balaban J connectivity index is 2.28. The first-order valence-corrected chi connectivity index (χ1v) is 6.69. The number of rotatable bonds is 2. The molecule has 2 N–H and O–H groups in total. The highest BCUT2D eigenvalue weighted by atomic mass is 16.2. The third-order valence-corrected chi connectivity index (χ3v) is 3.10. The van der Waals surface area contributed by atoms with Gasteiger partial charge in [-0.3, -0.25) is 4.79 Å². The molecule has 21 heavy (non-hydrogen) atoms. The van der Waals surface area contributed by atoms with Gasteiger partial charge in [0.2, 0.25) is 0 Å². The third kappa shape index (κ3) is 3.71. The van der Waals surface area contributed by atoms with Crippen LogP contribution in [0.3, 0.4) is 0 Å². The van der Waals surface area contributed by atoms with Crippen LogP contribution in [0.2, 0.25) is 0 Å². The van der Waals surface area contributed by atoms with Gasteiger partial charge in [-0.05, 0) is 37.6 Å². The Morgan fingerprint density at radius 1 is 1.19 bits per heavy atom. The molecule has 3 nitrogen and oxygen atoms in total. The molecule has 0 saturated carbocycles. The Kier molecular flexibility index (Phi) is 4.76. The van der Waals surface area contributed by atoms with E-state index < -0.39 is 0 Å². The zero-order valence-corrected chi connectivity index (χ0v) is 12.1. The zero-order valence-electron chi connectivity index (χ0n) is 12.1. The molecule has 0 atom stereocenters. The predicted octanol–water partition coefficient (Wildman–Crippen LogP) is 2.90.